The molecule has 0 radical (unpaired) electrons. The molecular formula is C35H48O9. The van der Waals surface area contributed by atoms with Crippen molar-refractivity contribution in [3.63, 3.8) is 0 Å². The van der Waals surface area contributed by atoms with E-state index in [2.05, 4.69) is 39.1 Å². The van der Waals surface area contributed by atoms with Gasteiger partial charge in [0.25, 0.3) is 0 Å². The third-order valence-electron chi connectivity index (χ3n) is 6.72. The molecule has 0 aromatic heterocycles. The number of rotatable bonds is 20. The molecule has 0 aliphatic heterocycles. The van der Waals surface area contributed by atoms with Crippen molar-refractivity contribution in [2.24, 2.45) is 0 Å². The Balaban J connectivity index is 1.75. The topological polar surface area (TPSA) is 110 Å². The molecule has 9 nitrogen and oxygen atoms in total. The lowest BCUT2D eigenvalue weighted by molar-refractivity contribution is -0.143. The van der Waals surface area contributed by atoms with Crippen molar-refractivity contribution in [3.05, 3.63) is 84.0 Å². The Bertz CT molecular complexity index is 1200. The summed E-state index contributed by atoms with van der Waals surface area (Å²) in [6, 6.07) is 16.0. The third-order valence-corrected chi connectivity index (χ3v) is 6.72. The van der Waals surface area contributed by atoms with Gasteiger partial charge in [-0.05, 0) is 63.1 Å². The number of ether oxygens (including phenoxy) is 6. The van der Waals surface area contributed by atoms with Crippen LogP contribution in [-0.4, -0.2) is 75.0 Å². The van der Waals surface area contributed by atoms with Gasteiger partial charge in [-0.2, -0.15) is 0 Å². The van der Waals surface area contributed by atoms with E-state index in [4.69, 9.17) is 28.4 Å². The average molecular weight is 613 g/mol. The van der Waals surface area contributed by atoms with Crippen LogP contribution in [0.4, 0.5) is 0 Å². The Hall–Kier alpha value is -3.66. The van der Waals surface area contributed by atoms with E-state index in [-0.39, 0.29) is 42.4 Å². The lowest BCUT2D eigenvalue weighted by atomic mass is 9.78. The zero-order chi connectivity index (χ0) is 32.7. The second-order valence-corrected chi connectivity index (χ2v) is 11.4. The number of esters is 2. The van der Waals surface area contributed by atoms with Crippen LogP contribution in [0.2, 0.25) is 0 Å². The minimum absolute atomic E-state index is 0.0220. The summed E-state index contributed by atoms with van der Waals surface area (Å²) < 4.78 is 33.1. The molecule has 0 spiro atoms. The standard InChI is InChI=1S/C35H48O9/c1-24(2)33(37)40-19-9-18-39-26(5)20-42-31-14-10-28(11-15-31)35(7,8)29-12-16-32(17-13-29)43-21-27(6)41-22-30(36)23-44-34(38)25(3)4/h10-17,26-27,30,36H,1,3,9,18-23H2,2,4-8H3. The number of benzene rings is 2. The molecular weight excluding hydrogens is 564 g/mol. The fraction of sp³-hybridized carbons (Fsp3) is 0.486. The van der Waals surface area contributed by atoms with Crippen LogP contribution < -0.4 is 9.47 Å². The number of carbonyl (C=O) groups is 2. The highest BCUT2D eigenvalue weighted by atomic mass is 16.6. The molecule has 0 amide bonds. The van der Waals surface area contributed by atoms with Crippen LogP contribution in [0, 0.1) is 0 Å². The predicted octanol–water partition coefficient (Wildman–Crippen LogP) is 5.57. The van der Waals surface area contributed by atoms with Gasteiger partial charge in [0.2, 0.25) is 0 Å². The summed E-state index contributed by atoms with van der Waals surface area (Å²) in [5.41, 5.74) is 2.69. The van der Waals surface area contributed by atoms with E-state index in [0.717, 1.165) is 16.9 Å². The Morgan fingerprint density at radius 1 is 0.705 bits per heavy atom. The highest BCUT2D eigenvalue weighted by molar-refractivity contribution is 5.87. The molecule has 0 aliphatic rings. The van der Waals surface area contributed by atoms with Crippen LogP contribution in [-0.2, 0) is 34.0 Å². The summed E-state index contributed by atoms with van der Waals surface area (Å²) in [4.78, 5) is 22.8. The molecule has 3 unspecified atom stereocenters. The fourth-order valence-corrected chi connectivity index (χ4v) is 3.88. The van der Waals surface area contributed by atoms with Crippen molar-refractivity contribution in [2.75, 3.05) is 39.6 Å². The molecule has 3 atom stereocenters. The van der Waals surface area contributed by atoms with Crippen LogP contribution in [0.15, 0.2) is 72.8 Å². The first-order valence-corrected chi connectivity index (χ1v) is 14.8. The van der Waals surface area contributed by atoms with Crippen molar-refractivity contribution in [2.45, 2.75) is 71.7 Å². The lowest BCUT2D eigenvalue weighted by Gasteiger charge is -2.26. The first-order chi connectivity index (χ1) is 20.8. The molecule has 0 aliphatic carbocycles. The summed E-state index contributed by atoms with van der Waals surface area (Å²) in [7, 11) is 0. The molecule has 0 fully saturated rings. The number of aliphatic hydroxyl groups excluding tert-OH is 1. The molecule has 44 heavy (non-hydrogen) atoms. The largest absolute Gasteiger partial charge is 0.491 e. The number of aliphatic hydroxyl groups is 1. The molecule has 0 heterocycles. The summed E-state index contributed by atoms with van der Waals surface area (Å²) in [5, 5.41) is 9.95. The van der Waals surface area contributed by atoms with Crippen molar-refractivity contribution in [1.82, 2.24) is 0 Å². The number of hydrogen-bond donors (Lipinski definition) is 1. The molecule has 0 saturated carbocycles. The van der Waals surface area contributed by atoms with E-state index in [1.54, 1.807) is 13.8 Å². The zero-order valence-corrected chi connectivity index (χ0v) is 26.9. The van der Waals surface area contributed by atoms with E-state index < -0.39 is 12.1 Å². The maximum absolute atomic E-state index is 11.4. The number of carbonyl (C=O) groups excluding carboxylic acids is 2. The van der Waals surface area contributed by atoms with Gasteiger partial charge in [-0.25, -0.2) is 9.59 Å². The zero-order valence-electron chi connectivity index (χ0n) is 26.9. The maximum atomic E-state index is 11.4. The highest BCUT2D eigenvalue weighted by Gasteiger charge is 2.23. The smallest absolute Gasteiger partial charge is 0.333 e. The second kappa shape index (κ2) is 18.2. The van der Waals surface area contributed by atoms with Crippen molar-refractivity contribution in [1.29, 1.82) is 0 Å². The lowest BCUT2D eigenvalue weighted by Crippen LogP contribution is -2.28. The van der Waals surface area contributed by atoms with Gasteiger partial charge in [-0.3, -0.25) is 0 Å². The van der Waals surface area contributed by atoms with Gasteiger partial charge in [0.05, 0.1) is 32.0 Å². The first kappa shape index (κ1) is 36.5. The highest BCUT2D eigenvalue weighted by Crippen LogP contribution is 2.33. The van der Waals surface area contributed by atoms with Crippen LogP contribution in [0.5, 0.6) is 11.5 Å². The van der Waals surface area contributed by atoms with E-state index in [9.17, 15) is 14.7 Å². The van der Waals surface area contributed by atoms with Crippen LogP contribution in [0.3, 0.4) is 0 Å². The Kier molecular flexibility index (Phi) is 15.1. The van der Waals surface area contributed by atoms with E-state index in [0.29, 0.717) is 44.2 Å². The Labute approximate surface area is 261 Å². The quantitative estimate of drug-likeness (QED) is 0.117. The van der Waals surface area contributed by atoms with Crippen LogP contribution in [0.1, 0.15) is 59.1 Å². The summed E-state index contributed by atoms with van der Waals surface area (Å²) in [6.07, 6.45) is -0.700. The Morgan fingerprint density at radius 2 is 1.16 bits per heavy atom. The average Bonchev–Trinajstić information content (AvgIpc) is 3.00. The van der Waals surface area contributed by atoms with Gasteiger partial charge in [0.1, 0.15) is 37.4 Å². The summed E-state index contributed by atoms with van der Waals surface area (Å²) in [5.74, 6) is 0.545. The van der Waals surface area contributed by atoms with E-state index in [1.807, 2.05) is 50.2 Å². The molecule has 0 saturated heterocycles. The monoisotopic (exact) mass is 612 g/mol. The van der Waals surface area contributed by atoms with Crippen molar-refractivity contribution >= 4 is 11.9 Å². The minimum Gasteiger partial charge on any atom is -0.491 e. The van der Waals surface area contributed by atoms with Crippen LogP contribution in [0.25, 0.3) is 0 Å². The minimum atomic E-state index is -0.928. The molecule has 2 rings (SSSR count). The van der Waals surface area contributed by atoms with E-state index in [1.165, 1.54) is 0 Å². The summed E-state index contributed by atoms with van der Waals surface area (Å²) >= 11 is 0. The Morgan fingerprint density at radius 3 is 1.64 bits per heavy atom. The normalized spacial score (nSPS) is 13.3. The first-order valence-electron chi connectivity index (χ1n) is 14.8. The fourth-order valence-electron chi connectivity index (χ4n) is 3.88. The number of hydrogen-bond acceptors (Lipinski definition) is 9. The molecule has 1 N–H and O–H groups in total. The molecule has 9 heteroatoms. The molecule has 2 aromatic rings. The van der Waals surface area contributed by atoms with E-state index >= 15 is 0 Å². The van der Waals surface area contributed by atoms with Gasteiger partial charge in [-0.15, -0.1) is 0 Å². The summed E-state index contributed by atoms with van der Waals surface area (Å²) in [6.45, 7) is 19.7. The maximum Gasteiger partial charge on any atom is 0.333 e. The van der Waals surface area contributed by atoms with Crippen molar-refractivity contribution in [3.8, 4) is 11.5 Å². The van der Waals surface area contributed by atoms with Gasteiger partial charge in [-0.1, -0.05) is 51.3 Å². The molecule has 242 valence electrons. The van der Waals surface area contributed by atoms with Gasteiger partial charge in [0.15, 0.2) is 0 Å². The van der Waals surface area contributed by atoms with Gasteiger partial charge in [0, 0.05) is 23.0 Å². The third kappa shape index (κ3) is 12.9. The van der Waals surface area contributed by atoms with Crippen LogP contribution >= 0.6 is 0 Å². The van der Waals surface area contributed by atoms with Gasteiger partial charge < -0.3 is 33.5 Å². The molecule has 0 bridgehead atoms. The van der Waals surface area contributed by atoms with Crippen molar-refractivity contribution < 1.29 is 43.1 Å². The molecule has 2 aromatic carbocycles. The SMILES string of the molecule is C=C(C)C(=O)OCCCOC(C)COc1ccc(C(C)(C)c2ccc(OCC(C)OCC(O)COC(=O)C(=C)C)cc2)cc1. The van der Waals surface area contributed by atoms with Gasteiger partial charge >= 0.3 is 11.9 Å². The predicted molar refractivity (Wildman–Crippen MR) is 169 cm³/mol. The second-order valence-electron chi connectivity index (χ2n) is 11.4.